The molecule has 0 aromatic carbocycles. The lowest BCUT2D eigenvalue weighted by Gasteiger charge is -2.06. The van der Waals surface area contributed by atoms with Crippen LogP contribution in [0, 0.1) is 0 Å². The fraction of sp³-hybridized carbons (Fsp3) is 0.0588. The second-order valence-corrected chi connectivity index (χ2v) is 5.48. The van der Waals surface area contributed by atoms with E-state index in [1.807, 2.05) is 12.1 Å². The van der Waals surface area contributed by atoms with Crippen LogP contribution in [0.15, 0.2) is 60.2 Å². The van der Waals surface area contributed by atoms with Gasteiger partial charge in [0.1, 0.15) is 0 Å². The molecule has 4 rings (SSSR count). The number of H-pyrrole nitrogens is 1. The zero-order valence-electron chi connectivity index (χ0n) is 13.5. The maximum Gasteiger partial charge on any atom is 0.293 e. The molecule has 1 amide bonds. The molecule has 9 nitrogen and oxygen atoms in total. The van der Waals surface area contributed by atoms with Crippen LogP contribution >= 0.6 is 0 Å². The normalized spacial score (nSPS) is 10.8. The largest absolute Gasteiger partial charge is 0.345 e. The molecule has 0 radical (unpaired) electrons. The van der Waals surface area contributed by atoms with Crippen LogP contribution in [0.2, 0.25) is 0 Å². The molecule has 0 saturated carbocycles. The zero-order chi connectivity index (χ0) is 17.9. The molecule has 0 spiro atoms. The van der Waals surface area contributed by atoms with E-state index >= 15 is 0 Å². The molecule has 0 saturated heterocycles. The Morgan fingerprint density at radius 3 is 2.81 bits per heavy atom. The number of nitrogens with zero attached hydrogens (tertiary/aromatic N) is 5. The van der Waals surface area contributed by atoms with E-state index in [-0.39, 0.29) is 23.7 Å². The molecular weight excluding hydrogens is 334 g/mol. The molecule has 4 aromatic rings. The summed E-state index contributed by atoms with van der Waals surface area (Å²) < 4.78 is 1.53. The van der Waals surface area contributed by atoms with E-state index in [0.29, 0.717) is 11.4 Å². The average molecular weight is 347 g/mol. The maximum atomic E-state index is 12.4. The first-order valence-corrected chi connectivity index (χ1v) is 7.77. The topological polar surface area (TPSA) is 118 Å². The van der Waals surface area contributed by atoms with Gasteiger partial charge in [-0.25, -0.2) is 0 Å². The van der Waals surface area contributed by atoms with Gasteiger partial charge in [0.2, 0.25) is 5.65 Å². The third-order valence-electron chi connectivity index (χ3n) is 3.83. The van der Waals surface area contributed by atoms with Crippen molar-refractivity contribution in [2.75, 3.05) is 0 Å². The first kappa shape index (κ1) is 15.6. The van der Waals surface area contributed by atoms with Crippen LogP contribution in [-0.2, 0) is 6.54 Å². The third kappa shape index (κ3) is 2.93. The lowest BCUT2D eigenvalue weighted by molar-refractivity contribution is 0.0949. The van der Waals surface area contributed by atoms with Gasteiger partial charge in [-0.2, -0.15) is 0 Å². The summed E-state index contributed by atoms with van der Waals surface area (Å²) in [5, 5.41) is 10.5. The van der Waals surface area contributed by atoms with Crippen LogP contribution in [0.25, 0.3) is 16.8 Å². The van der Waals surface area contributed by atoms with Crippen LogP contribution in [0.4, 0.5) is 0 Å². The van der Waals surface area contributed by atoms with Crippen LogP contribution in [-0.4, -0.2) is 35.5 Å². The van der Waals surface area contributed by atoms with Gasteiger partial charge in [0.15, 0.2) is 5.82 Å². The predicted molar refractivity (Wildman–Crippen MR) is 92.2 cm³/mol. The molecule has 0 atom stereocenters. The van der Waals surface area contributed by atoms with Gasteiger partial charge in [0.25, 0.3) is 11.5 Å². The van der Waals surface area contributed by atoms with E-state index in [9.17, 15) is 9.59 Å². The van der Waals surface area contributed by atoms with Crippen molar-refractivity contribution in [2.45, 2.75) is 6.54 Å². The van der Waals surface area contributed by atoms with Crippen LogP contribution in [0.1, 0.15) is 16.2 Å². The number of aromatic amines is 1. The molecule has 0 aliphatic carbocycles. The van der Waals surface area contributed by atoms with Crippen molar-refractivity contribution < 1.29 is 4.79 Å². The van der Waals surface area contributed by atoms with Gasteiger partial charge in [-0.3, -0.25) is 24.0 Å². The average Bonchev–Trinajstić information content (AvgIpc) is 3.11. The molecule has 4 heterocycles. The zero-order valence-corrected chi connectivity index (χ0v) is 13.5. The number of rotatable bonds is 4. The molecule has 0 aliphatic heterocycles. The monoisotopic (exact) mass is 347 g/mol. The summed E-state index contributed by atoms with van der Waals surface area (Å²) in [6.45, 7) is 0.128. The van der Waals surface area contributed by atoms with Gasteiger partial charge in [-0.05, 0) is 23.8 Å². The highest BCUT2D eigenvalue weighted by atomic mass is 16.1. The first-order chi connectivity index (χ1) is 12.7. The Bertz CT molecular complexity index is 1130. The molecule has 0 aliphatic rings. The second-order valence-electron chi connectivity index (χ2n) is 5.48. The molecular formula is C17H13N7O2. The summed E-state index contributed by atoms with van der Waals surface area (Å²) in [6, 6.07) is 5.45. The molecule has 0 unspecified atom stereocenters. The van der Waals surface area contributed by atoms with Crippen molar-refractivity contribution in [3.05, 3.63) is 77.1 Å². The van der Waals surface area contributed by atoms with Crippen molar-refractivity contribution in [1.29, 1.82) is 0 Å². The molecule has 0 fully saturated rings. The first-order valence-electron chi connectivity index (χ1n) is 7.77. The van der Waals surface area contributed by atoms with Gasteiger partial charge < -0.3 is 10.3 Å². The molecule has 2 N–H and O–H groups in total. The lowest BCUT2D eigenvalue weighted by atomic mass is 10.1. The fourth-order valence-corrected chi connectivity index (χ4v) is 2.54. The smallest absolute Gasteiger partial charge is 0.293 e. The summed E-state index contributed by atoms with van der Waals surface area (Å²) in [5.41, 5.74) is 2.00. The number of aromatic nitrogens is 6. The molecule has 128 valence electrons. The highest BCUT2D eigenvalue weighted by molar-refractivity contribution is 5.94. The lowest BCUT2D eigenvalue weighted by Crippen LogP contribution is -2.24. The van der Waals surface area contributed by atoms with Gasteiger partial charge in [0.05, 0.1) is 12.1 Å². The van der Waals surface area contributed by atoms with E-state index in [1.165, 1.54) is 16.8 Å². The Morgan fingerprint density at radius 2 is 1.96 bits per heavy atom. The Labute approximate surface area is 146 Å². The SMILES string of the molecule is O=C(NCc1nnc2c(=O)[nH]ccn12)c1cncc(-c2ccncc2)c1. The Balaban J connectivity index is 1.53. The highest BCUT2D eigenvalue weighted by Gasteiger charge is 2.11. The van der Waals surface area contributed by atoms with Crippen molar-refractivity contribution in [2.24, 2.45) is 0 Å². The summed E-state index contributed by atoms with van der Waals surface area (Å²) in [5.74, 6) is 0.160. The minimum Gasteiger partial charge on any atom is -0.345 e. The molecule has 9 heteroatoms. The Morgan fingerprint density at radius 1 is 1.12 bits per heavy atom. The van der Waals surface area contributed by atoms with Crippen LogP contribution < -0.4 is 10.9 Å². The number of fused-ring (bicyclic) bond motifs is 1. The van der Waals surface area contributed by atoms with Crippen molar-refractivity contribution >= 4 is 11.6 Å². The number of pyridine rings is 2. The minimum atomic E-state index is -0.341. The number of amides is 1. The summed E-state index contributed by atoms with van der Waals surface area (Å²) >= 11 is 0. The summed E-state index contributed by atoms with van der Waals surface area (Å²) in [7, 11) is 0. The summed E-state index contributed by atoms with van der Waals surface area (Å²) in [6.07, 6.45) is 9.66. The van der Waals surface area contributed by atoms with Crippen molar-refractivity contribution in [3.63, 3.8) is 0 Å². The predicted octanol–water partition coefficient (Wildman–Crippen LogP) is 0.805. The van der Waals surface area contributed by atoms with Gasteiger partial charge in [-0.15, -0.1) is 10.2 Å². The van der Waals surface area contributed by atoms with Gasteiger partial charge in [0, 0.05) is 42.7 Å². The van der Waals surface area contributed by atoms with Crippen LogP contribution in [0.3, 0.4) is 0 Å². The van der Waals surface area contributed by atoms with Gasteiger partial charge in [-0.1, -0.05) is 0 Å². The Hall–Kier alpha value is -3.88. The number of nitrogens with one attached hydrogen (secondary N) is 2. The fourth-order valence-electron chi connectivity index (χ4n) is 2.54. The number of hydrogen-bond donors (Lipinski definition) is 2. The summed E-state index contributed by atoms with van der Waals surface area (Å²) in [4.78, 5) is 34.7. The number of carbonyl (C=O) groups excluding carboxylic acids is 1. The molecule has 0 bridgehead atoms. The van der Waals surface area contributed by atoms with Crippen molar-refractivity contribution in [1.82, 2.24) is 34.9 Å². The molecule has 26 heavy (non-hydrogen) atoms. The highest BCUT2D eigenvalue weighted by Crippen LogP contribution is 2.18. The van der Waals surface area contributed by atoms with E-state index < -0.39 is 0 Å². The van der Waals surface area contributed by atoms with Crippen LogP contribution in [0.5, 0.6) is 0 Å². The van der Waals surface area contributed by atoms with E-state index in [4.69, 9.17) is 0 Å². The second kappa shape index (κ2) is 6.55. The van der Waals surface area contributed by atoms with Crippen molar-refractivity contribution in [3.8, 4) is 11.1 Å². The number of hydrogen-bond acceptors (Lipinski definition) is 6. The Kier molecular flexibility index (Phi) is 3.94. The quantitative estimate of drug-likeness (QED) is 0.564. The maximum absolute atomic E-state index is 12.4. The van der Waals surface area contributed by atoms with E-state index in [2.05, 4.69) is 30.5 Å². The molecule has 4 aromatic heterocycles. The number of carbonyl (C=O) groups is 1. The third-order valence-corrected chi connectivity index (χ3v) is 3.83. The van der Waals surface area contributed by atoms with E-state index in [1.54, 1.807) is 30.9 Å². The standard InChI is InChI=1S/C17H13N7O2/c25-16(13-7-12(8-19-9-13)11-1-3-18-4-2-11)21-10-14-22-23-15-17(26)20-5-6-24(14)15/h1-9H,10H2,(H,20,26)(H,21,25). The van der Waals surface area contributed by atoms with Gasteiger partial charge >= 0.3 is 0 Å². The minimum absolute atomic E-state index is 0.128. The van der Waals surface area contributed by atoms with E-state index in [0.717, 1.165) is 11.1 Å².